The summed E-state index contributed by atoms with van der Waals surface area (Å²) < 4.78 is 34.6. The number of hydrogen-bond donors (Lipinski definition) is 0. The molecule has 0 heterocycles. The monoisotopic (exact) mass is 374 g/mol. The molecule has 0 aliphatic carbocycles. The van der Waals surface area contributed by atoms with Crippen molar-refractivity contribution in [3.8, 4) is 0 Å². The Labute approximate surface area is 65.0 Å². The zero-order valence-electron chi connectivity index (χ0n) is 2.64. The SMILES string of the molecule is [Cu+].[Cu+].[O]=[W](=[O])([O-])[O-]. The molecule has 0 N–H and O–H groups in total. The summed E-state index contributed by atoms with van der Waals surface area (Å²) in [6.45, 7) is 0. The van der Waals surface area contributed by atoms with Crippen LogP contribution in [0.15, 0.2) is 0 Å². The standard InChI is InChI=1S/2Cu.4O.W/q2*+1;;;2*-1;. The quantitative estimate of drug-likeness (QED) is 0.435. The van der Waals surface area contributed by atoms with Crippen LogP contribution in [0.2, 0.25) is 0 Å². The summed E-state index contributed by atoms with van der Waals surface area (Å²) in [6.07, 6.45) is 0. The van der Waals surface area contributed by atoms with Gasteiger partial charge in [0.2, 0.25) is 0 Å². The molecule has 52 valence electrons. The van der Waals surface area contributed by atoms with E-state index in [1.54, 1.807) is 0 Å². The molecule has 0 aromatic carbocycles. The minimum absolute atomic E-state index is 0. The Morgan fingerprint density at radius 1 is 1.00 bits per heavy atom. The molecule has 0 unspecified atom stereocenters. The van der Waals surface area contributed by atoms with Crippen LogP contribution in [0.3, 0.4) is 0 Å². The second-order valence-electron chi connectivity index (χ2n) is 0.408. The molecule has 4 nitrogen and oxygen atoms in total. The summed E-state index contributed by atoms with van der Waals surface area (Å²) in [5.74, 6) is 0. The van der Waals surface area contributed by atoms with Gasteiger partial charge in [0.15, 0.2) is 0 Å². The van der Waals surface area contributed by atoms with E-state index in [1.165, 1.54) is 0 Å². The molecule has 7 heteroatoms. The van der Waals surface area contributed by atoms with Crippen molar-refractivity contribution in [2.24, 2.45) is 0 Å². The average Bonchev–Trinajstić information content (AvgIpc) is 0.722. The van der Waals surface area contributed by atoms with Gasteiger partial charge in [-0.15, -0.1) is 0 Å². The first-order valence-electron chi connectivity index (χ1n) is 0.667. The van der Waals surface area contributed by atoms with E-state index in [1.807, 2.05) is 0 Å². The zero-order valence-corrected chi connectivity index (χ0v) is 7.46. The van der Waals surface area contributed by atoms with Crippen molar-refractivity contribution >= 4 is 0 Å². The van der Waals surface area contributed by atoms with Crippen LogP contribution in [0.5, 0.6) is 0 Å². The van der Waals surface area contributed by atoms with E-state index < -0.39 is 16.7 Å². The van der Waals surface area contributed by atoms with E-state index in [0.29, 0.717) is 0 Å². The third-order valence-corrected chi connectivity index (χ3v) is 0. The van der Waals surface area contributed by atoms with Gasteiger partial charge in [-0.3, -0.25) is 0 Å². The van der Waals surface area contributed by atoms with Crippen molar-refractivity contribution in [2.45, 2.75) is 0 Å². The minimum atomic E-state index is -6.17. The van der Waals surface area contributed by atoms with E-state index in [9.17, 15) is 0 Å². The summed E-state index contributed by atoms with van der Waals surface area (Å²) in [4.78, 5) is 0. The maximum absolute atomic E-state index is 8.65. The van der Waals surface area contributed by atoms with Gasteiger partial charge in [0.1, 0.15) is 0 Å². The van der Waals surface area contributed by atoms with Gasteiger partial charge < -0.3 is 0 Å². The van der Waals surface area contributed by atoms with Gasteiger partial charge in [0.25, 0.3) is 0 Å². The molecule has 0 aliphatic heterocycles. The second-order valence-corrected chi connectivity index (χ2v) is 3.34. The van der Waals surface area contributed by atoms with E-state index in [2.05, 4.69) is 0 Å². The van der Waals surface area contributed by atoms with E-state index in [-0.39, 0.29) is 34.1 Å². The van der Waals surface area contributed by atoms with Crippen molar-refractivity contribution in [3.63, 3.8) is 0 Å². The van der Waals surface area contributed by atoms with E-state index >= 15 is 0 Å². The Bertz CT molecular complexity index is 92.9. The van der Waals surface area contributed by atoms with E-state index in [4.69, 9.17) is 14.3 Å². The zero-order chi connectivity index (χ0) is 4.50. The van der Waals surface area contributed by atoms with Crippen LogP contribution < -0.4 is 7.52 Å². The molecule has 0 aliphatic rings. The molecule has 0 saturated heterocycles. The van der Waals surface area contributed by atoms with Gasteiger partial charge in [0.05, 0.1) is 0 Å². The van der Waals surface area contributed by atoms with Crippen LogP contribution >= 0.6 is 0 Å². The van der Waals surface area contributed by atoms with Crippen LogP contribution in [0.25, 0.3) is 0 Å². The summed E-state index contributed by atoms with van der Waals surface area (Å²) in [5, 5.41) is 0. The third kappa shape index (κ3) is 128. The van der Waals surface area contributed by atoms with Gasteiger partial charge in [0, 0.05) is 0 Å². The fourth-order valence-electron chi connectivity index (χ4n) is 0. The molecule has 0 bridgehead atoms. The molecule has 0 fully saturated rings. The molecule has 0 rings (SSSR count). The summed E-state index contributed by atoms with van der Waals surface area (Å²) in [7, 11) is 0. The third-order valence-electron chi connectivity index (χ3n) is 0. The number of hydrogen-bond acceptors (Lipinski definition) is 4. The second kappa shape index (κ2) is 5.39. The molecule has 0 atom stereocenters. The van der Waals surface area contributed by atoms with Crippen molar-refractivity contribution < 1.29 is 65.2 Å². The number of rotatable bonds is 0. The fourth-order valence-corrected chi connectivity index (χ4v) is 0. The van der Waals surface area contributed by atoms with Gasteiger partial charge in [-0.1, -0.05) is 0 Å². The van der Waals surface area contributed by atoms with Crippen LogP contribution in [0.1, 0.15) is 0 Å². The molecular weight excluding hydrogens is 375 g/mol. The van der Waals surface area contributed by atoms with Gasteiger partial charge in [-0.25, -0.2) is 0 Å². The van der Waals surface area contributed by atoms with Crippen molar-refractivity contribution in [3.05, 3.63) is 0 Å². The molecular formula is Cu2O4W. The molecule has 0 aromatic heterocycles. The fraction of sp³-hybridized carbons (Fsp3) is 0. The predicted octanol–water partition coefficient (Wildman–Crippen LogP) is -2.62. The van der Waals surface area contributed by atoms with Crippen LogP contribution in [0, 0.1) is 0 Å². The molecule has 0 saturated carbocycles. The Morgan fingerprint density at radius 3 is 1.00 bits per heavy atom. The Kier molecular flexibility index (Phi) is 12.1. The normalized spacial score (nSPS) is 8.29. The van der Waals surface area contributed by atoms with Crippen molar-refractivity contribution in [1.82, 2.24) is 0 Å². The van der Waals surface area contributed by atoms with Gasteiger partial charge in [-0.05, 0) is 0 Å². The Morgan fingerprint density at radius 2 is 1.00 bits per heavy atom. The van der Waals surface area contributed by atoms with Crippen LogP contribution in [-0.2, 0) is 57.7 Å². The van der Waals surface area contributed by atoms with Crippen LogP contribution in [-0.4, -0.2) is 0 Å². The maximum atomic E-state index is 8.65. The first-order chi connectivity index (χ1) is 2.00. The molecule has 0 radical (unpaired) electrons. The summed E-state index contributed by atoms with van der Waals surface area (Å²) >= 11 is -6.17. The summed E-state index contributed by atoms with van der Waals surface area (Å²) in [6, 6.07) is 0. The first-order valence-corrected chi connectivity index (χ1v) is 5.46. The van der Waals surface area contributed by atoms with Gasteiger partial charge in [-0.2, -0.15) is 0 Å². The van der Waals surface area contributed by atoms with Crippen molar-refractivity contribution in [2.75, 3.05) is 0 Å². The summed E-state index contributed by atoms with van der Waals surface area (Å²) in [5.41, 5.74) is 0. The Hall–Kier alpha value is 1.25. The van der Waals surface area contributed by atoms with Gasteiger partial charge >= 0.3 is 65.2 Å². The first kappa shape index (κ1) is 15.7. The molecule has 0 amide bonds. The van der Waals surface area contributed by atoms with Crippen molar-refractivity contribution in [1.29, 1.82) is 0 Å². The molecule has 0 aromatic rings. The van der Waals surface area contributed by atoms with Crippen LogP contribution in [0.4, 0.5) is 0 Å². The molecule has 0 spiro atoms. The van der Waals surface area contributed by atoms with E-state index in [0.717, 1.165) is 0 Å². The molecule has 7 heavy (non-hydrogen) atoms. The Balaban J connectivity index is -0.0000000800. The topological polar surface area (TPSA) is 80.3 Å². The average molecular weight is 375 g/mol. The predicted molar refractivity (Wildman–Crippen MR) is 1.37 cm³/mol.